The molecule has 0 aromatic carbocycles. The molecule has 3 nitrogen and oxygen atoms in total. The van der Waals surface area contributed by atoms with Gasteiger partial charge in [-0.3, -0.25) is 0 Å². The molecule has 0 bridgehead atoms. The van der Waals surface area contributed by atoms with Crippen LogP contribution in [0.15, 0.2) is 18.3 Å². The number of hydrogen-bond acceptors (Lipinski definition) is 3. The van der Waals surface area contributed by atoms with Crippen LogP contribution < -0.4 is 0 Å². The molecule has 0 saturated heterocycles. The summed E-state index contributed by atoms with van der Waals surface area (Å²) in [6.07, 6.45) is 4.23. The van der Waals surface area contributed by atoms with E-state index < -0.39 is 5.97 Å². The van der Waals surface area contributed by atoms with Gasteiger partial charge in [-0.15, -0.1) is 0 Å². The molecule has 0 atom stereocenters. The van der Waals surface area contributed by atoms with E-state index in [0.717, 1.165) is 0 Å². The van der Waals surface area contributed by atoms with Crippen LogP contribution in [0, 0.1) is 0 Å². The fraction of sp³-hybridized carbons (Fsp3) is 0.200. The zero-order valence-electron chi connectivity index (χ0n) is 8.04. The number of aromatic nitrogens is 1. The van der Waals surface area contributed by atoms with Gasteiger partial charge in [-0.2, -0.15) is 0 Å². The average molecular weight is 246 g/mol. The van der Waals surface area contributed by atoms with E-state index in [4.69, 9.17) is 27.9 Å². The summed E-state index contributed by atoms with van der Waals surface area (Å²) < 4.78 is 4.71. The molecule has 1 aromatic rings. The number of hydrogen-bond donors (Lipinski definition) is 0. The lowest BCUT2D eigenvalue weighted by atomic mass is 10.2. The Morgan fingerprint density at radius 1 is 1.60 bits per heavy atom. The van der Waals surface area contributed by atoms with Gasteiger partial charge in [0.05, 0.1) is 11.6 Å². The van der Waals surface area contributed by atoms with Gasteiger partial charge in [-0.25, -0.2) is 9.78 Å². The van der Waals surface area contributed by atoms with Gasteiger partial charge in [0, 0.05) is 17.8 Å². The SMILES string of the molecule is CCOC(=O)C=Cc1cc(Cl)cnc1Cl. The Kier molecular flexibility index (Phi) is 4.59. The van der Waals surface area contributed by atoms with Crippen molar-refractivity contribution in [2.24, 2.45) is 0 Å². The van der Waals surface area contributed by atoms with E-state index in [9.17, 15) is 4.79 Å². The summed E-state index contributed by atoms with van der Waals surface area (Å²) in [4.78, 5) is 14.8. The molecule has 1 rings (SSSR count). The fourth-order valence-electron chi connectivity index (χ4n) is 0.903. The number of esters is 1. The predicted octanol–water partition coefficient (Wildman–Crippen LogP) is 2.96. The van der Waals surface area contributed by atoms with Crippen LogP contribution in [0.25, 0.3) is 6.08 Å². The summed E-state index contributed by atoms with van der Waals surface area (Å²) in [6.45, 7) is 2.07. The van der Waals surface area contributed by atoms with Crippen molar-refractivity contribution in [2.75, 3.05) is 6.61 Å². The molecule has 0 unspecified atom stereocenters. The van der Waals surface area contributed by atoms with E-state index >= 15 is 0 Å². The van der Waals surface area contributed by atoms with Crippen LogP contribution in [0.5, 0.6) is 0 Å². The minimum atomic E-state index is -0.423. The van der Waals surface area contributed by atoms with Gasteiger partial charge in [0.2, 0.25) is 0 Å². The number of rotatable bonds is 3. The predicted molar refractivity (Wildman–Crippen MR) is 59.9 cm³/mol. The van der Waals surface area contributed by atoms with Crippen LogP contribution in [0.2, 0.25) is 10.2 Å². The molecule has 15 heavy (non-hydrogen) atoms. The van der Waals surface area contributed by atoms with E-state index in [-0.39, 0.29) is 0 Å². The Balaban J connectivity index is 2.79. The second-order valence-electron chi connectivity index (χ2n) is 2.62. The first-order chi connectivity index (χ1) is 7.13. The number of carbonyl (C=O) groups is 1. The zero-order valence-corrected chi connectivity index (χ0v) is 9.55. The number of halogens is 2. The Bertz CT molecular complexity index is 391. The molecule has 80 valence electrons. The van der Waals surface area contributed by atoms with Crippen molar-refractivity contribution in [3.8, 4) is 0 Å². The molecule has 0 radical (unpaired) electrons. The van der Waals surface area contributed by atoms with E-state index in [1.54, 1.807) is 13.0 Å². The van der Waals surface area contributed by atoms with Crippen molar-refractivity contribution in [2.45, 2.75) is 6.92 Å². The van der Waals surface area contributed by atoms with Gasteiger partial charge >= 0.3 is 5.97 Å². The van der Waals surface area contributed by atoms with Crippen LogP contribution in [0.1, 0.15) is 12.5 Å². The maximum absolute atomic E-state index is 11.0. The highest BCUT2D eigenvalue weighted by molar-refractivity contribution is 6.33. The molecule has 0 saturated carbocycles. The lowest BCUT2D eigenvalue weighted by Crippen LogP contribution is -1.98. The highest BCUT2D eigenvalue weighted by Crippen LogP contribution is 2.18. The molecule has 1 heterocycles. The Labute approximate surface area is 97.7 Å². The number of carbonyl (C=O) groups excluding carboxylic acids is 1. The smallest absolute Gasteiger partial charge is 0.330 e. The normalized spacial score (nSPS) is 10.6. The highest BCUT2D eigenvalue weighted by atomic mass is 35.5. The molecule has 0 N–H and O–H groups in total. The minimum absolute atomic E-state index is 0.292. The second-order valence-corrected chi connectivity index (χ2v) is 3.41. The van der Waals surface area contributed by atoms with Crippen LogP contribution >= 0.6 is 23.2 Å². The lowest BCUT2D eigenvalue weighted by molar-refractivity contribution is -0.137. The van der Waals surface area contributed by atoms with Crippen LogP contribution in [-0.2, 0) is 9.53 Å². The zero-order chi connectivity index (χ0) is 11.3. The van der Waals surface area contributed by atoms with Crippen molar-refractivity contribution in [3.63, 3.8) is 0 Å². The molecule has 0 fully saturated rings. The number of pyridine rings is 1. The maximum Gasteiger partial charge on any atom is 0.330 e. The molecule has 0 aliphatic carbocycles. The standard InChI is InChI=1S/C10H9Cl2NO2/c1-2-15-9(14)4-3-7-5-8(11)6-13-10(7)12/h3-6H,2H2,1H3. The molecule has 5 heteroatoms. The van der Waals surface area contributed by atoms with Gasteiger partial charge in [0.1, 0.15) is 5.15 Å². The lowest BCUT2D eigenvalue weighted by Gasteiger charge is -1.98. The van der Waals surface area contributed by atoms with Crippen molar-refractivity contribution in [3.05, 3.63) is 34.1 Å². The van der Waals surface area contributed by atoms with Gasteiger partial charge in [0.25, 0.3) is 0 Å². The maximum atomic E-state index is 11.0. The number of ether oxygens (including phenoxy) is 1. The quantitative estimate of drug-likeness (QED) is 0.467. The van der Waals surface area contributed by atoms with Crippen LogP contribution in [0.3, 0.4) is 0 Å². The monoisotopic (exact) mass is 245 g/mol. The third-order valence-corrected chi connectivity index (χ3v) is 2.04. The largest absolute Gasteiger partial charge is 0.463 e. The van der Waals surface area contributed by atoms with Crippen molar-refractivity contribution in [1.82, 2.24) is 4.98 Å². The molecule has 0 amide bonds. The molecular weight excluding hydrogens is 237 g/mol. The Hall–Kier alpha value is -1.06. The van der Waals surface area contributed by atoms with E-state index in [1.807, 2.05) is 0 Å². The second kappa shape index (κ2) is 5.73. The molecule has 1 aromatic heterocycles. The summed E-state index contributed by atoms with van der Waals surface area (Å²) in [6, 6.07) is 1.62. The summed E-state index contributed by atoms with van der Waals surface area (Å²) in [5.41, 5.74) is 0.581. The first kappa shape index (κ1) is 12.0. The Morgan fingerprint density at radius 3 is 3.00 bits per heavy atom. The van der Waals surface area contributed by atoms with Gasteiger partial charge in [-0.1, -0.05) is 23.2 Å². The highest BCUT2D eigenvalue weighted by Gasteiger charge is 2.00. The fourth-order valence-corrected chi connectivity index (χ4v) is 1.24. The molecular formula is C10H9Cl2NO2. The molecule has 0 spiro atoms. The third kappa shape index (κ3) is 3.90. The van der Waals surface area contributed by atoms with Crippen molar-refractivity contribution >= 4 is 35.2 Å². The summed E-state index contributed by atoms with van der Waals surface area (Å²) >= 11 is 11.5. The summed E-state index contributed by atoms with van der Waals surface area (Å²) in [5.74, 6) is -0.423. The molecule has 0 aliphatic heterocycles. The van der Waals surface area contributed by atoms with Gasteiger partial charge in [0.15, 0.2) is 0 Å². The topological polar surface area (TPSA) is 39.2 Å². The summed E-state index contributed by atoms with van der Waals surface area (Å²) in [5, 5.41) is 0.753. The minimum Gasteiger partial charge on any atom is -0.463 e. The van der Waals surface area contributed by atoms with Crippen molar-refractivity contribution < 1.29 is 9.53 Å². The van der Waals surface area contributed by atoms with Crippen molar-refractivity contribution in [1.29, 1.82) is 0 Å². The van der Waals surface area contributed by atoms with Gasteiger partial charge < -0.3 is 4.74 Å². The average Bonchev–Trinajstić information content (AvgIpc) is 2.20. The number of nitrogens with zero attached hydrogens (tertiary/aromatic N) is 1. The van der Waals surface area contributed by atoms with Crippen LogP contribution in [-0.4, -0.2) is 17.6 Å². The summed E-state index contributed by atoms with van der Waals surface area (Å²) in [7, 11) is 0. The third-order valence-electron chi connectivity index (χ3n) is 1.52. The van der Waals surface area contributed by atoms with Crippen LogP contribution in [0.4, 0.5) is 0 Å². The van der Waals surface area contributed by atoms with Gasteiger partial charge in [-0.05, 0) is 19.1 Å². The first-order valence-corrected chi connectivity index (χ1v) is 5.05. The van der Waals surface area contributed by atoms with E-state index in [1.165, 1.54) is 18.3 Å². The first-order valence-electron chi connectivity index (χ1n) is 4.29. The Morgan fingerprint density at radius 2 is 2.33 bits per heavy atom. The van der Waals surface area contributed by atoms with E-state index in [0.29, 0.717) is 22.3 Å². The van der Waals surface area contributed by atoms with E-state index in [2.05, 4.69) is 4.98 Å². The molecule has 0 aliphatic rings.